The number of hydrogen-bond donors (Lipinski definition) is 2. The Hall–Kier alpha value is -2.53. The zero-order valence-electron chi connectivity index (χ0n) is 13.0. The Kier molecular flexibility index (Phi) is 5.01. The predicted molar refractivity (Wildman–Crippen MR) is 92.2 cm³/mol. The van der Waals surface area contributed by atoms with Crippen LogP contribution in [0.1, 0.15) is 17.5 Å². The Balaban J connectivity index is 1.52. The van der Waals surface area contributed by atoms with E-state index in [2.05, 4.69) is 10.6 Å². The summed E-state index contributed by atoms with van der Waals surface area (Å²) in [5.74, 6) is 0.437. The van der Waals surface area contributed by atoms with Crippen molar-refractivity contribution in [1.82, 2.24) is 5.32 Å². The lowest BCUT2D eigenvalue weighted by Crippen LogP contribution is -2.25. The third-order valence-corrected chi connectivity index (χ3v) is 4.12. The highest BCUT2D eigenvalue weighted by atomic mass is 35.5. The van der Waals surface area contributed by atoms with Crippen LogP contribution in [0.3, 0.4) is 0 Å². The number of hydrogen-bond acceptors (Lipinski definition) is 3. The minimum absolute atomic E-state index is 0.0385. The number of aryl methyl sites for hydroxylation is 1. The molecule has 2 N–H and O–H groups in total. The number of halogens is 1. The van der Waals surface area contributed by atoms with Crippen LogP contribution >= 0.6 is 11.6 Å². The van der Waals surface area contributed by atoms with Gasteiger partial charge in [-0.05, 0) is 35.7 Å². The first kappa shape index (κ1) is 16.3. The molecule has 5 nitrogen and oxygen atoms in total. The number of amides is 2. The third kappa shape index (κ3) is 4.06. The molecule has 0 spiro atoms. The molecule has 6 heteroatoms. The zero-order valence-corrected chi connectivity index (χ0v) is 13.7. The Labute approximate surface area is 145 Å². The van der Waals surface area contributed by atoms with Gasteiger partial charge in [-0.25, -0.2) is 0 Å². The van der Waals surface area contributed by atoms with Crippen molar-refractivity contribution in [3.63, 3.8) is 0 Å². The summed E-state index contributed by atoms with van der Waals surface area (Å²) in [5.41, 5.74) is 2.51. The summed E-state index contributed by atoms with van der Waals surface area (Å²) in [4.78, 5) is 23.3. The zero-order chi connectivity index (χ0) is 16.9. The SMILES string of the molecule is O=C(CCc1ccc2c(c1)NC(=O)CO2)NCc1ccccc1Cl. The summed E-state index contributed by atoms with van der Waals surface area (Å²) in [5, 5.41) is 6.27. The maximum absolute atomic E-state index is 12.0. The minimum atomic E-state index is -0.169. The highest BCUT2D eigenvalue weighted by molar-refractivity contribution is 6.31. The number of fused-ring (bicyclic) bond motifs is 1. The first-order chi connectivity index (χ1) is 11.6. The average Bonchev–Trinajstić information content (AvgIpc) is 2.59. The van der Waals surface area contributed by atoms with Crippen LogP contribution in [0, 0.1) is 0 Å². The normalized spacial score (nSPS) is 12.8. The van der Waals surface area contributed by atoms with Crippen molar-refractivity contribution in [2.75, 3.05) is 11.9 Å². The van der Waals surface area contributed by atoms with Crippen LogP contribution in [-0.2, 0) is 22.6 Å². The fraction of sp³-hybridized carbons (Fsp3) is 0.222. The van der Waals surface area contributed by atoms with E-state index < -0.39 is 0 Å². The number of carbonyl (C=O) groups excluding carboxylic acids is 2. The van der Waals surface area contributed by atoms with Gasteiger partial charge in [0.25, 0.3) is 5.91 Å². The van der Waals surface area contributed by atoms with Gasteiger partial charge in [-0.2, -0.15) is 0 Å². The molecule has 0 saturated heterocycles. The van der Waals surface area contributed by atoms with E-state index in [1.807, 2.05) is 36.4 Å². The van der Waals surface area contributed by atoms with Gasteiger partial charge in [0.05, 0.1) is 5.69 Å². The van der Waals surface area contributed by atoms with Crippen molar-refractivity contribution in [2.45, 2.75) is 19.4 Å². The molecule has 0 fully saturated rings. The van der Waals surface area contributed by atoms with Crippen LogP contribution in [0.25, 0.3) is 0 Å². The molecule has 1 heterocycles. The van der Waals surface area contributed by atoms with E-state index in [-0.39, 0.29) is 18.4 Å². The Morgan fingerprint density at radius 2 is 2.08 bits per heavy atom. The molecular weight excluding hydrogens is 328 g/mol. The molecule has 2 amide bonds. The van der Waals surface area contributed by atoms with Crippen LogP contribution < -0.4 is 15.4 Å². The summed E-state index contributed by atoms with van der Waals surface area (Å²) in [6.45, 7) is 0.448. The second-order valence-electron chi connectivity index (χ2n) is 5.54. The van der Waals surface area contributed by atoms with Crippen molar-refractivity contribution in [3.05, 3.63) is 58.6 Å². The molecule has 1 aliphatic heterocycles. The van der Waals surface area contributed by atoms with E-state index in [1.54, 1.807) is 6.07 Å². The van der Waals surface area contributed by atoms with E-state index in [0.29, 0.717) is 35.8 Å². The molecule has 0 radical (unpaired) electrons. The van der Waals surface area contributed by atoms with Crippen LogP contribution in [-0.4, -0.2) is 18.4 Å². The van der Waals surface area contributed by atoms with Crippen molar-refractivity contribution in [3.8, 4) is 5.75 Å². The Morgan fingerprint density at radius 3 is 2.92 bits per heavy atom. The van der Waals surface area contributed by atoms with Gasteiger partial charge in [-0.1, -0.05) is 35.9 Å². The van der Waals surface area contributed by atoms with E-state index in [0.717, 1.165) is 11.1 Å². The van der Waals surface area contributed by atoms with Crippen molar-refractivity contribution in [1.29, 1.82) is 0 Å². The number of carbonyl (C=O) groups is 2. The molecular formula is C18H17ClN2O3. The van der Waals surface area contributed by atoms with Crippen LogP contribution in [0.15, 0.2) is 42.5 Å². The van der Waals surface area contributed by atoms with E-state index in [9.17, 15) is 9.59 Å². The molecule has 1 aliphatic rings. The van der Waals surface area contributed by atoms with Crippen molar-refractivity contribution >= 4 is 29.1 Å². The van der Waals surface area contributed by atoms with Gasteiger partial charge in [-0.3, -0.25) is 9.59 Å². The topological polar surface area (TPSA) is 67.4 Å². The minimum Gasteiger partial charge on any atom is -0.482 e. The highest BCUT2D eigenvalue weighted by Gasteiger charge is 2.16. The number of rotatable bonds is 5. The molecule has 2 aromatic rings. The number of benzene rings is 2. The molecule has 0 atom stereocenters. The molecule has 2 aromatic carbocycles. The fourth-order valence-electron chi connectivity index (χ4n) is 2.47. The van der Waals surface area contributed by atoms with Gasteiger partial charge in [-0.15, -0.1) is 0 Å². The van der Waals surface area contributed by atoms with Crippen LogP contribution in [0.4, 0.5) is 5.69 Å². The van der Waals surface area contributed by atoms with Crippen LogP contribution in [0.2, 0.25) is 5.02 Å². The van der Waals surface area contributed by atoms with Crippen molar-refractivity contribution in [2.24, 2.45) is 0 Å². The molecule has 0 unspecified atom stereocenters. The predicted octanol–water partition coefficient (Wildman–Crippen LogP) is 2.92. The summed E-state index contributed by atoms with van der Waals surface area (Å²) >= 11 is 6.06. The first-order valence-electron chi connectivity index (χ1n) is 7.67. The van der Waals surface area contributed by atoms with E-state index in [1.165, 1.54) is 0 Å². The van der Waals surface area contributed by atoms with Gasteiger partial charge in [0.2, 0.25) is 5.91 Å². The highest BCUT2D eigenvalue weighted by Crippen LogP contribution is 2.28. The Morgan fingerprint density at radius 1 is 1.25 bits per heavy atom. The smallest absolute Gasteiger partial charge is 0.262 e. The summed E-state index contributed by atoms with van der Waals surface area (Å²) in [6, 6.07) is 13.0. The third-order valence-electron chi connectivity index (χ3n) is 3.75. The average molecular weight is 345 g/mol. The molecule has 24 heavy (non-hydrogen) atoms. The van der Waals surface area contributed by atoms with Crippen LogP contribution in [0.5, 0.6) is 5.75 Å². The van der Waals surface area contributed by atoms with Crippen molar-refractivity contribution < 1.29 is 14.3 Å². The first-order valence-corrected chi connectivity index (χ1v) is 8.05. The maximum Gasteiger partial charge on any atom is 0.262 e. The molecule has 0 aromatic heterocycles. The monoisotopic (exact) mass is 344 g/mol. The molecule has 0 bridgehead atoms. The molecule has 0 aliphatic carbocycles. The maximum atomic E-state index is 12.0. The lowest BCUT2D eigenvalue weighted by molar-refractivity contribution is -0.121. The number of nitrogens with one attached hydrogen (secondary N) is 2. The van der Waals surface area contributed by atoms with Gasteiger partial charge >= 0.3 is 0 Å². The lowest BCUT2D eigenvalue weighted by Gasteiger charge is -2.18. The summed E-state index contributed by atoms with van der Waals surface area (Å²) in [7, 11) is 0. The Bertz CT molecular complexity index is 777. The standard InChI is InChI=1S/C18H17ClN2O3/c19-14-4-2-1-3-13(14)10-20-17(22)8-6-12-5-7-16-15(9-12)21-18(23)11-24-16/h1-5,7,9H,6,8,10-11H2,(H,20,22)(H,21,23). The summed E-state index contributed by atoms with van der Waals surface area (Å²) in [6.07, 6.45) is 0.940. The number of ether oxygens (including phenoxy) is 1. The second kappa shape index (κ2) is 7.36. The fourth-order valence-corrected chi connectivity index (χ4v) is 2.67. The van der Waals surface area contributed by atoms with Gasteiger partial charge in [0, 0.05) is 18.0 Å². The largest absolute Gasteiger partial charge is 0.482 e. The van der Waals surface area contributed by atoms with E-state index in [4.69, 9.17) is 16.3 Å². The quantitative estimate of drug-likeness (QED) is 0.876. The second-order valence-corrected chi connectivity index (χ2v) is 5.94. The van der Waals surface area contributed by atoms with Gasteiger partial charge < -0.3 is 15.4 Å². The summed E-state index contributed by atoms with van der Waals surface area (Å²) < 4.78 is 5.31. The molecule has 3 rings (SSSR count). The molecule has 0 saturated carbocycles. The van der Waals surface area contributed by atoms with Gasteiger partial charge in [0.15, 0.2) is 6.61 Å². The number of anilines is 1. The molecule has 124 valence electrons. The lowest BCUT2D eigenvalue weighted by atomic mass is 10.1. The van der Waals surface area contributed by atoms with E-state index >= 15 is 0 Å². The van der Waals surface area contributed by atoms with Gasteiger partial charge in [0.1, 0.15) is 5.75 Å².